The monoisotopic (exact) mass is 520 g/mol. The number of likely N-dealkylation sites (N-methyl/N-ethyl adjacent to an activating group) is 1. The molecule has 1 aliphatic rings. The average molecular weight is 521 g/mol. The molecule has 0 unspecified atom stereocenters. The van der Waals surface area contributed by atoms with Crippen LogP contribution < -0.4 is 4.74 Å². The highest BCUT2D eigenvalue weighted by molar-refractivity contribution is 7.89. The Morgan fingerprint density at radius 2 is 1.97 bits per heavy atom. The molecule has 3 atom stereocenters. The van der Waals surface area contributed by atoms with Crippen LogP contribution in [0.4, 0.5) is 0 Å². The van der Waals surface area contributed by atoms with E-state index in [0.717, 1.165) is 16.8 Å². The van der Waals surface area contributed by atoms with Gasteiger partial charge < -0.3 is 9.84 Å². The molecule has 2 heterocycles. The van der Waals surface area contributed by atoms with Gasteiger partial charge in [0.1, 0.15) is 16.7 Å². The molecule has 0 amide bonds. The molecule has 194 valence electrons. The second-order valence-electron chi connectivity index (χ2n) is 9.61. The number of aromatic nitrogens is 1. The van der Waals surface area contributed by atoms with Gasteiger partial charge in [0.15, 0.2) is 0 Å². The van der Waals surface area contributed by atoms with E-state index in [1.807, 2.05) is 38.2 Å². The fraction of sp³-hybridized carbons (Fsp3) is 0.357. The minimum absolute atomic E-state index is 0.0669. The molecule has 0 bridgehead atoms. The molecule has 2 aromatic carbocycles. The molecule has 4 rings (SSSR count). The first-order valence-corrected chi connectivity index (χ1v) is 13.7. The van der Waals surface area contributed by atoms with Crippen molar-refractivity contribution in [3.8, 4) is 22.9 Å². The van der Waals surface area contributed by atoms with Gasteiger partial charge in [-0.3, -0.25) is 9.88 Å². The molecule has 3 aromatic rings. The standard InChI is InChI=1S/C28H32N4O4S/c1-20-16-32(21(2)19-33)37(34,35)28-11-10-24(23-8-6-7-22(13-23)15-29)14-26(28)36-27(20)18-31(3)17-25-9-4-5-12-30-25/h4-14,20-21,27,33H,16-19H2,1-3H3/t20-,21+,27-/m1/s1. The van der Waals surface area contributed by atoms with Crippen LogP contribution in [0.15, 0.2) is 71.8 Å². The third-order valence-electron chi connectivity index (χ3n) is 6.64. The molecule has 1 aliphatic heterocycles. The van der Waals surface area contributed by atoms with E-state index in [9.17, 15) is 18.8 Å². The minimum Gasteiger partial charge on any atom is -0.487 e. The lowest BCUT2D eigenvalue weighted by molar-refractivity contribution is 0.0731. The van der Waals surface area contributed by atoms with E-state index < -0.39 is 16.1 Å². The molecule has 0 spiro atoms. The highest BCUT2D eigenvalue weighted by Gasteiger charge is 2.38. The molecule has 1 N–H and O–H groups in total. The van der Waals surface area contributed by atoms with Crippen molar-refractivity contribution in [2.45, 2.75) is 37.4 Å². The second kappa shape index (κ2) is 11.4. The summed E-state index contributed by atoms with van der Waals surface area (Å²) in [7, 11) is -1.94. The quantitative estimate of drug-likeness (QED) is 0.508. The Balaban J connectivity index is 1.74. The van der Waals surface area contributed by atoms with Crippen LogP contribution in [0.2, 0.25) is 0 Å². The highest BCUT2D eigenvalue weighted by Crippen LogP contribution is 2.36. The van der Waals surface area contributed by atoms with Crippen molar-refractivity contribution in [3.63, 3.8) is 0 Å². The molecule has 8 nitrogen and oxygen atoms in total. The van der Waals surface area contributed by atoms with Crippen molar-refractivity contribution in [2.75, 3.05) is 26.7 Å². The fourth-order valence-corrected chi connectivity index (χ4v) is 6.36. The number of aliphatic hydroxyl groups is 1. The van der Waals surface area contributed by atoms with Gasteiger partial charge in [0.2, 0.25) is 10.0 Å². The normalized spacial score (nSPS) is 20.2. The Morgan fingerprint density at radius 1 is 1.19 bits per heavy atom. The van der Waals surface area contributed by atoms with Crippen molar-refractivity contribution < 1.29 is 18.3 Å². The van der Waals surface area contributed by atoms with Crippen molar-refractivity contribution in [1.82, 2.24) is 14.2 Å². The van der Waals surface area contributed by atoms with Crippen LogP contribution in [0, 0.1) is 17.2 Å². The van der Waals surface area contributed by atoms with E-state index in [1.54, 1.807) is 49.5 Å². The van der Waals surface area contributed by atoms with Gasteiger partial charge in [0.25, 0.3) is 0 Å². The van der Waals surface area contributed by atoms with Crippen molar-refractivity contribution in [1.29, 1.82) is 5.26 Å². The number of aliphatic hydroxyl groups excluding tert-OH is 1. The molecule has 0 fully saturated rings. The van der Waals surface area contributed by atoms with E-state index in [-0.39, 0.29) is 35.8 Å². The number of fused-ring (bicyclic) bond motifs is 1. The number of ether oxygens (including phenoxy) is 1. The lowest BCUT2D eigenvalue weighted by Gasteiger charge is -2.37. The van der Waals surface area contributed by atoms with Gasteiger partial charge in [0, 0.05) is 37.8 Å². The van der Waals surface area contributed by atoms with E-state index in [2.05, 4.69) is 16.0 Å². The Bertz CT molecular complexity index is 1370. The molecule has 9 heteroatoms. The van der Waals surface area contributed by atoms with Crippen LogP contribution in [0.1, 0.15) is 25.1 Å². The summed E-state index contributed by atoms with van der Waals surface area (Å²) in [5.74, 6) is 0.103. The first kappa shape index (κ1) is 26.8. The lowest BCUT2D eigenvalue weighted by Crippen LogP contribution is -2.49. The summed E-state index contributed by atoms with van der Waals surface area (Å²) in [5.41, 5.74) is 2.99. The average Bonchev–Trinajstić information content (AvgIpc) is 2.90. The number of sulfonamides is 1. The smallest absolute Gasteiger partial charge is 0.247 e. The van der Waals surface area contributed by atoms with Gasteiger partial charge >= 0.3 is 0 Å². The zero-order chi connectivity index (χ0) is 26.6. The summed E-state index contributed by atoms with van der Waals surface area (Å²) < 4.78 is 35.3. The summed E-state index contributed by atoms with van der Waals surface area (Å²) >= 11 is 0. The molecule has 0 aliphatic carbocycles. The number of hydrogen-bond acceptors (Lipinski definition) is 7. The molecule has 1 aromatic heterocycles. The van der Waals surface area contributed by atoms with E-state index >= 15 is 0 Å². The predicted molar refractivity (Wildman–Crippen MR) is 141 cm³/mol. The molecule has 0 saturated heterocycles. The minimum atomic E-state index is -3.93. The summed E-state index contributed by atoms with van der Waals surface area (Å²) in [6.07, 6.45) is 1.44. The molecule has 0 radical (unpaired) electrons. The van der Waals surface area contributed by atoms with Crippen LogP contribution in [0.25, 0.3) is 11.1 Å². The number of benzene rings is 2. The zero-order valence-corrected chi connectivity index (χ0v) is 22.1. The summed E-state index contributed by atoms with van der Waals surface area (Å²) in [6, 6.07) is 19.5. The third-order valence-corrected chi connectivity index (χ3v) is 8.66. The third kappa shape index (κ3) is 6.00. The van der Waals surface area contributed by atoms with Crippen LogP contribution in [-0.4, -0.2) is 66.6 Å². The Morgan fingerprint density at radius 3 is 2.68 bits per heavy atom. The summed E-state index contributed by atoms with van der Waals surface area (Å²) in [6.45, 7) is 4.78. The van der Waals surface area contributed by atoms with Gasteiger partial charge in [-0.2, -0.15) is 9.57 Å². The number of nitrogens with zero attached hydrogens (tertiary/aromatic N) is 4. The van der Waals surface area contributed by atoms with E-state index in [1.165, 1.54) is 4.31 Å². The number of rotatable bonds is 7. The Labute approximate surface area is 218 Å². The van der Waals surface area contributed by atoms with Gasteiger partial charge in [-0.15, -0.1) is 0 Å². The zero-order valence-electron chi connectivity index (χ0n) is 21.3. The van der Waals surface area contributed by atoms with Crippen molar-refractivity contribution >= 4 is 10.0 Å². The number of pyridine rings is 1. The van der Waals surface area contributed by atoms with Gasteiger partial charge in [-0.1, -0.05) is 31.2 Å². The second-order valence-corrected chi connectivity index (χ2v) is 11.5. The van der Waals surface area contributed by atoms with Crippen LogP contribution in [0.5, 0.6) is 5.75 Å². The van der Waals surface area contributed by atoms with Crippen molar-refractivity contribution in [2.24, 2.45) is 5.92 Å². The maximum absolute atomic E-state index is 13.7. The summed E-state index contributed by atoms with van der Waals surface area (Å²) in [5, 5.41) is 19.2. The van der Waals surface area contributed by atoms with E-state index in [0.29, 0.717) is 18.7 Å². The highest BCUT2D eigenvalue weighted by atomic mass is 32.2. The van der Waals surface area contributed by atoms with Crippen LogP contribution >= 0.6 is 0 Å². The maximum Gasteiger partial charge on any atom is 0.247 e. The van der Waals surface area contributed by atoms with Crippen LogP contribution in [-0.2, 0) is 16.6 Å². The van der Waals surface area contributed by atoms with Crippen LogP contribution in [0.3, 0.4) is 0 Å². The number of nitriles is 1. The SMILES string of the molecule is C[C@@H]1CN([C@@H](C)CO)S(=O)(=O)c2ccc(-c3cccc(C#N)c3)cc2O[C@@H]1CN(C)Cc1ccccn1. The maximum atomic E-state index is 13.7. The molecule has 0 saturated carbocycles. The topological polar surface area (TPSA) is 107 Å². The molecular formula is C28H32N4O4S. The number of hydrogen-bond donors (Lipinski definition) is 1. The fourth-order valence-electron chi connectivity index (χ4n) is 4.53. The molecule has 37 heavy (non-hydrogen) atoms. The summed E-state index contributed by atoms with van der Waals surface area (Å²) in [4.78, 5) is 6.58. The predicted octanol–water partition coefficient (Wildman–Crippen LogP) is 3.52. The molecular weight excluding hydrogens is 488 g/mol. The van der Waals surface area contributed by atoms with Gasteiger partial charge in [-0.25, -0.2) is 8.42 Å². The lowest BCUT2D eigenvalue weighted by atomic mass is 10.0. The first-order valence-electron chi connectivity index (χ1n) is 12.3. The van der Waals surface area contributed by atoms with Crippen molar-refractivity contribution in [3.05, 3.63) is 78.1 Å². The van der Waals surface area contributed by atoms with Gasteiger partial charge in [0.05, 0.1) is 23.9 Å². The van der Waals surface area contributed by atoms with Gasteiger partial charge in [-0.05, 0) is 61.5 Å². The largest absolute Gasteiger partial charge is 0.487 e. The first-order chi connectivity index (χ1) is 17.7. The van der Waals surface area contributed by atoms with E-state index in [4.69, 9.17) is 4.74 Å². The Kier molecular flexibility index (Phi) is 8.25. The Hall–Kier alpha value is -3.29.